The molecule has 0 aromatic heterocycles. The van der Waals surface area contributed by atoms with Crippen LogP contribution in [0.2, 0.25) is 0 Å². The monoisotopic (exact) mass is 728 g/mol. The van der Waals surface area contributed by atoms with Gasteiger partial charge in [-0.2, -0.15) is 0 Å². The van der Waals surface area contributed by atoms with Gasteiger partial charge in [0.25, 0.3) is 0 Å². The highest BCUT2D eigenvalue weighted by molar-refractivity contribution is 6.00. The Morgan fingerprint density at radius 1 is 0.426 bits per heavy atom. The van der Waals surface area contributed by atoms with E-state index in [1.54, 1.807) is 48.5 Å². The van der Waals surface area contributed by atoms with E-state index in [0.29, 0.717) is 11.4 Å². The highest BCUT2D eigenvalue weighted by Gasteiger charge is 2.26. The fourth-order valence-corrected chi connectivity index (χ4v) is 5.73. The minimum atomic E-state index is -0.951. The summed E-state index contributed by atoms with van der Waals surface area (Å²) in [5.74, 6) is -1.73. The molecule has 0 aliphatic heterocycles. The van der Waals surface area contributed by atoms with Gasteiger partial charge in [0.1, 0.15) is 23.6 Å². The summed E-state index contributed by atoms with van der Waals surface area (Å²) in [5, 5.41) is 30.4. The molecule has 5 aromatic rings. The van der Waals surface area contributed by atoms with Gasteiger partial charge < -0.3 is 42.9 Å². The van der Waals surface area contributed by atoms with Crippen LogP contribution in [0.5, 0.6) is 11.5 Å². The maximum Gasteiger partial charge on any atom is 0.247 e. The molecule has 0 saturated carbocycles. The van der Waals surface area contributed by atoms with Crippen molar-refractivity contribution in [3.05, 3.63) is 156 Å². The summed E-state index contributed by atoms with van der Waals surface area (Å²) < 4.78 is 0. The third-order valence-electron chi connectivity index (χ3n) is 8.71. The Balaban J connectivity index is 1.22. The molecule has 278 valence electrons. The van der Waals surface area contributed by atoms with E-state index in [0.717, 1.165) is 22.3 Å². The second kappa shape index (κ2) is 18.8. The molecule has 4 atom stereocenters. The number of phenols is 2. The molecule has 0 saturated heterocycles. The topological polar surface area (TPSA) is 209 Å². The largest absolute Gasteiger partial charge is 0.508 e. The number of hydrogen-bond acceptors (Lipinski definition) is 8. The Morgan fingerprint density at radius 3 is 1.07 bits per heavy atom. The summed E-state index contributed by atoms with van der Waals surface area (Å²) in [5.41, 5.74) is 16.4. The fourth-order valence-electron chi connectivity index (χ4n) is 5.73. The summed E-state index contributed by atoms with van der Waals surface area (Å²) in [7, 11) is 0. The van der Waals surface area contributed by atoms with Crippen LogP contribution in [-0.2, 0) is 44.9 Å². The number of rotatable bonds is 16. The van der Waals surface area contributed by atoms with Crippen LogP contribution in [0.25, 0.3) is 0 Å². The molecule has 0 aliphatic rings. The van der Waals surface area contributed by atoms with Gasteiger partial charge in [0, 0.05) is 24.2 Å². The van der Waals surface area contributed by atoms with Gasteiger partial charge in [-0.3, -0.25) is 19.2 Å². The summed E-state index contributed by atoms with van der Waals surface area (Å²) in [6, 6.07) is 34.0. The standard InChI is InChI=1S/C42H44N6O6/c43-35(23-29-11-19-33(49)20-12-29)39(51)47-37(25-27-7-3-1-4-8-27)41(53)45-31-15-17-32(18-16-31)46-42(54)38(26-28-9-5-2-6-10-28)48-40(52)36(44)24-30-13-21-34(50)22-14-30/h1-22,35-38,49-50H,23-26,43-44H2,(H,45,53)(H,46,54)(H,47,51)(H,48,52)/t35-,36-,37-,38-/m1/s1. The van der Waals surface area contributed by atoms with Crippen molar-refractivity contribution >= 4 is 35.0 Å². The molecule has 0 fully saturated rings. The van der Waals surface area contributed by atoms with Crippen LogP contribution >= 0.6 is 0 Å². The number of carbonyl (C=O) groups is 4. The van der Waals surface area contributed by atoms with E-state index in [4.69, 9.17) is 11.5 Å². The first-order chi connectivity index (χ1) is 26.0. The lowest BCUT2D eigenvalue weighted by molar-refractivity contribution is -0.127. The minimum absolute atomic E-state index is 0.104. The number of carbonyl (C=O) groups excluding carboxylic acids is 4. The lowest BCUT2D eigenvalue weighted by atomic mass is 10.0. The van der Waals surface area contributed by atoms with E-state index in [1.165, 1.54) is 24.3 Å². The van der Waals surface area contributed by atoms with E-state index in [-0.39, 0.29) is 37.2 Å². The molecule has 0 bridgehead atoms. The van der Waals surface area contributed by atoms with Gasteiger partial charge in [-0.15, -0.1) is 0 Å². The molecule has 5 aromatic carbocycles. The normalized spacial score (nSPS) is 13.1. The molecule has 0 radical (unpaired) electrons. The van der Waals surface area contributed by atoms with Crippen LogP contribution in [0, 0.1) is 0 Å². The number of hydrogen-bond donors (Lipinski definition) is 8. The van der Waals surface area contributed by atoms with Gasteiger partial charge in [0.15, 0.2) is 0 Å². The highest BCUT2D eigenvalue weighted by atomic mass is 16.3. The third kappa shape index (κ3) is 11.8. The predicted molar refractivity (Wildman–Crippen MR) is 207 cm³/mol. The summed E-state index contributed by atoms with van der Waals surface area (Å²) >= 11 is 0. The van der Waals surface area contributed by atoms with Crippen molar-refractivity contribution in [2.45, 2.75) is 49.9 Å². The summed E-state index contributed by atoms with van der Waals surface area (Å²) in [4.78, 5) is 53.4. The van der Waals surface area contributed by atoms with Crippen LogP contribution in [-0.4, -0.2) is 58.0 Å². The van der Waals surface area contributed by atoms with Crippen LogP contribution in [0.1, 0.15) is 22.3 Å². The number of nitrogens with one attached hydrogen (secondary N) is 4. The van der Waals surface area contributed by atoms with Gasteiger partial charge in [0.05, 0.1) is 12.1 Å². The number of aromatic hydroxyl groups is 2. The second-order valence-electron chi connectivity index (χ2n) is 13.0. The summed E-state index contributed by atoms with van der Waals surface area (Å²) in [6.45, 7) is 0. The van der Waals surface area contributed by atoms with Gasteiger partial charge >= 0.3 is 0 Å². The second-order valence-corrected chi connectivity index (χ2v) is 13.0. The molecular weight excluding hydrogens is 684 g/mol. The Morgan fingerprint density at radius 2 is 0.741 bits per heavy atom. The Kier molecular flexibility index (Phi) is 13.5. The van der Waals surface area contributed by atoms with E-state index in [1.807, 2.05) is 60.7 Å². The SMILES string of the molecule is N[C@H](Cc1ccc(O)cc1)C(=O)N[C@H](Cc1ccccc1)C(=O)Nc1ccc(NC(=O)[C@@H](Cc2ccccc2)NC(=O)[C@H](N)Cc2ccc(O)cc2)cc1. The molecular formula is C42H44N6O6. The maximum atomic E-state index is 13.6. The number of phenolic OH excluding ortho intramolecular Hbond substituents is 2. The zero-order valence-corrected chi connectivity index (χ0v) is 29.5. The molecule has 10 N–H and O–H groups in total. The van der Waals surface area contributed by atoms with E-state index < -0.39 is 47.8 Å². The Hall–Kier alpha value is -6.50. The van der Waals surface area contributed by atoms with Crippen LogP contribution in [0.3, 0.4) is 0 Å². The number of anilines is 2. The zero-order chi connectivity index (χ0) is 38.5. The smallest absolute Gasteiger partial charge is 0.247 e. The predicted octanol–water partition coefficient (Wildman–Crippen LogP) is 3.57. The van der Waals surface area contributed by atoms with Gasteiger partial charge in [-0.05, 0) is 83.6 Å². The van der Waals surface area contributed by atoms with Crippen molar-refractivity contribution < 1.29 is 29.4 Å². The molecule has 0 aliphatic carbocycles. The number of amides is 4. The summed E-state index contributed by atoms with van der Waals surface area (Å²) in [6.07, 6.45) is 0.847. The van der Waals surface area contributed by atoms with Crippen molar-refractivity contribution in [2.24, 2.45) is 11.5 Å². The maximum absolute atomic E-state index is 13.6. The molecule has 54 heavy (non-hydrogen) atoms. The lowest BCUT2D eigenvalue weighted by Gasteiger charge is -2.22. The average molecular weight is 729 g/mol. The van der Waals surface area contributed by atoms with Gasteiger partial charge in [-0.25, -0.2) is 0 Å². The average Bonchev–Trinajstić information content (AvgIpc) is 3.17. The van der Waals surface area contributed by atoms with Crippen molar-refractivity contribution in [3.8, 4) is 11.5 Å². The van der Waals surface area contributed by atoms with Crippen LogP contribution in [0.15, 0.2) is 133 Å². The van der Waals surface area contributed by atoms with E-state index in [2.05, 4.69) is 21.3 Å². The van der Waals surface area contributed by atoms with Crippen molar-refractivity contribution in [2.75, 3.05) is 10.6 Å². The minimum Gasteiger partial charge on any atom is -0.508 e. The number of benzene rings is 5. The molecule has 0 unspecified atom stereocenters. The molecule has 12 heteroatoms. The molecule has 0 spiro atoms. The molecule has 12 nitrogen and oxygen atoms in total. The van der Waals surface area contributed by atoms with Gasteiger partial charge in [0.2, 0.25) is 23.6 Å². The first-order valence-electron chi connectivity index (χ1n) is 17.5. The van der Waals surface area contributed by atoms with E-state index >= 15 is 0 Å². The highest BCUT2D eigenvalue weighted by Crippen LogP contribution is 2.17. The zero-order valence-electron chi connectivity index (χ0n) is 29.5. The van der Waals surface area contributed by atoms with Gasteiger partial charge in [-0.1, -0.05) is 84.9 Å². The Labute approximate surface area is 313 Å². The first kappa shape index (κ1) is 38.7. The Bertz CT molecular complexity index is 1850. The molecule has 0 heterocycles. The van der Waals surface area contributed by atoms with Crippen LogP contribution < -0.4 is 32.7 Å². The third-order valence-corrected chi connectivity index (χ3v) is 8.71. The van der Waals surface area contributed by atoms with E-state index in [9.17, 15) is 29.4 Å². The fraction of sp³-hybridized carbons (Fsp3) is 0.190. The van der Waals surface area contributed by atoms with Crippen LogP contribution in [0.4, 0.5) is 11.4 Å². The van der Waals surface area contributed by atoms with Crippen molar-refractivity contribution in [1.82, 2.24) is 10.6 Å². The first-order valence-corrected chi connectivity index (χ1v) is 17.5. The number of nitrogens with two attached hydrogens (primary N) is 2. The molecule has 4 amide bonds. The van der Waals surface area contributed by atoms with Crippen molar-refractivity contribution in [1.29, 1.82) is 0 Å². The van der Waals surface area contributed by atoms with Crippen molar-refractivity contribution in [3.63, 3.8) is 0 Å². The lowest BCUT2D eigenvalue weighted by Crippen LogP contribution is -2.51. The molecule has 5 rings (SSSR count). The quantitative estimate of drug-likeness (QED) is 0.0752.